The van der Waals surface area contributed by atoms with Gasteiger partial charge in [-0.25, -0.2) is 0 Å². The fraction of sp³-hybridized carbons (Fsp3) is 0. The third-order valence-electron chi connectivity index (χ3n) is 5.59. The first kappa shape index (κ1) is 16.0. The van der Waals surface area contributed by atoms with Crippen LogP contribution in [0.5, 0.6) is 0 Å². The Balaban J connectivity index is 1.87. The number of rotatable bonds is 2. The van der Waals surface area contributed by atoms with Gasteiger partial charge in [0.15, 0.2) is 0 Å². The molecule has 0 bridgehead atoms. The Morgan fingerprint density at radius 1 is 0.621 bits per heavy atom. The number of pyridine rings is 1. The Kier molecular flexibility index (Phi) is 3.47. The van der Waals surface area contributed by atoms with Crippen molar-refractivity contribution in [3.63, 3.8) is 0 Å². The molecule has 6 rings (SSSR count). The van der Waals surface area contributed by atoms with Gasteiger partial charge < -0.3 is 4.40 Å². The van der Waals surface area contributed by atoms with Crippen molar-refractivity contribution in [2.24, 2.45) is 0 Å². The molecule has 0 saturated carbocycles. The van der Waals surface area contributed by atoms with Crippen molar-refractivity contribution in [1.29, 1.82) is 0 Å². The van der Waals surface area contributed by atoms with Crippen LogP contribution < -0.4 is 0 Å². The molecular weight excluding hydrogens is 354 g/mol. The van der Waals surface area contributed by atoms with E-state index in [2.05, 4.69) is 106 Å². The SMILES string of the molecule is c1ccc(-c2ccc3ccn4cc5cnncc5c4c3c2-c2ccccc2)cc1. The summed E-state index contributed by atoms with van der Waals surface area (Å²) in [7, 11) is 0. The van der Waals surface area contributed by atoms with Crippen LogP contribution in [0.4, 0.5) is 0 Å². The predicted octanol–water partition coefficient (Wildman–Crippen LogP) is 6.37. The molecule has 3 heterocycles. The van der Waals surface area contributed by atoms with Crippen molar-refractivity contribution in [2.75, 3.05) is 0 Å². The fourth-order valence-electron chi connectivity index (χ4n) is 4.30. The highest BCUT2D eigenvalue weighted by molar-refractivity contribution is 6.18. The number of nitrogens with zero attached hydrogens (tertiary/aromatic N) is 3. The van der Waals surface area contributed by atoms with E-state index in [0.717, 1.165) is 10.8 Å². The summed E-state index contributed by atoms with van der Waals surface area (Å²) in [4.78, 5) is 0. The Labute approximate surface area is 167 Å². The van der Waals surface area contributed by atoms with Gasteiger partial charge in [0.2, 0.25) is 0 Å². The normalized spacial score (nSPS) is 11.4. The highest BCUT2D eigenvalue weighted by Gasteiger charge is 2.16. The topological polar surface area (TPSA) is 30.2 Å². The highest BCUT2D eigenvalue weighted by Crippen LogP contribution is 2.41. The van der Waals surface area contributed by atoms with Gasteiger partial charge in [0, 0.05) is 28.6 Å². The summed E-state index contributed by atoms with van der Waals surface area (Å²) in [6.45, 7) is 0. The minimum absolute atomic E-state index is 1.09. The molecule has 0 fully saturated rings. The van der Waals surface area contributed by atoms with Crippen LogP contribution in [-0.2, 0) is 0 Å². The van der Waals surface area contributed by atoms with Gasteiger partial charge in [-0.05, 0) is 33.7 Å². The zero-order chi connectivity index (χ0) is 19.2. The lowest BCUT2D eigenvalue weighted by Gasteiger charge is -2.15. The van der Waals surface area contributed by atoms with Gasteiger partial charge in [-0.3, -0.25) is 0 Å². The summed E-state index contributed by atoms with van der Waals surface area (Å²) >= 11 is 0. The van der Waals surface area contributed by atoms with Crippen LogP contribution in [0.15, 0.2) is 104 Å². The van der Waals surface area contributed by atoms with Crippen LogP contribution in [0, 0.1) is 0 Å². The maximum atomic E-state index is 4.16. The molecule has 6 aromatic rings. The summed E-state index contributed by atoms with van der Waals surface area (Å²) in [6.07, 6.45) is 7.95. The Morgan fingerprint density at radius 2 is 1.34 bits per heavy atom. The lowest BCUT2D eigenvalue weighted by Crippen LogP contribution is -1.91. The van der Waals surface area contributed by atoms with Crippen molar-refractivity contribution < 1.29 is 0 Å². The zero-order valence-corrected chi connectivity index (χ0v) is 15.7. The fourth-order valence-corrected chi connectivity index (χ4v) is 4.30. The molecule has 0 aliphatic heterocycles. The minimum atomic E-state index is 1.09. The number of hydrogen-bond acceptors (Lipinski definition) is 2. The number of hydrogen-bond donors (Lipinski definition) is 0. The highest BCUT2D eigenvalue weighted by atomic mass is 15.1. The first-order valence-corrected chi connectivity index (χ1v) is 9.68. The van der Waals surface area contributed by atoms with Crippen molar-refractivity contribution in [1.82, 2.24) is 14.6 Å². The first-order valence-electron chi connectivity index (χ1n) is 9.68. The van der Waals surface area contributed by atoms with Gasteiger partial charge in [-0.1, -0.05) is 72.8 Å². The van der Waals surface area contributed by atoms with Crippen molar-refractivity contribution in [3.05, 3.63) is 104 Å². The van der Waals surface area contributed by atoms with Crippen molar-refractivity contribution in [3.8, 4) is 22.3 Å². The summed E-state index contributed by atoms with van der Waals surface area (Å²) in [5.41, 5.74) is 6.07. The molecular formula is C26H17N3. The van der Waals surface area contributed by atoms with Gasteiger partial charge in [0.1, 0.15) is 0 Å². The molecule has 3 aromatic carbocycles. The molecule has 0 aliphatic carbocycles. The Morgan fingerprint density at radius 3 is 2.14 bits per heavy atom. The maximum Gasteiger partial charge on any atom is 0.0630 e. The van der Waals surface area contributed by atoms with Crippen LogP contribution in [-0.4, -0.2) is 14.6 Å². The molecule has 0 aliphatic rings. The smallest absolute Gasteiger partial charge is 0.0630 e. The Hall–Kier alpha value is -3.98. The molecule has 3 heteroatoms. The van der Waals surface area contributed by atoms with Crippen molar-refractivity contribution in [2.45, 2.75) is 0 Å². The summed E-state index contributed by atoms with van der Waals surface area (Å²) in [5, 5.41) is 12.9. The average molecular weight is 371 g/mol. The second-order valence-electron chi connectivity index (χ2n) is 7.24. The van der Waals surface area contributed by atoms with Gasteiger partial charge in [-0.15, -0.1) is 0 Å². The molecule has 29 heavy (non-hydrogen) atoms. The summed E-state index contributed by atoms with van der Waals surface area (Å²) < 4.78 is 2.19. The summed E-state index contributed by atoms with van der Waals surface area (Å²) in [5.74, 6) is 0. The molecule has 136 valence electrons. The molecule has 0 N–H and O–H groups in total. The van der Waals surface area contributed by atoms with E-state index in [-0.39, 0.29) is 0 Å². The molecule has 0 radical (unpaired) electrons. The van der Waals surface area contributed by atoms with E-state index in [1.54, 1.807) is 0 Å². The molecule has 0 unspecified atom stereocenters. The first-order chi connectivity index (χ1) is 14.4. The van der Waals surface area contributed by atoms with Crippen LogP contribution >= 0.6 is 0 Å². The zero-order valence-electron chi connectivity index (χ0n) is 15.7. The average Bonchev–Trinajstić information content (AvgIpc) is 3.18. The van der Waals surface area contributed by atoms with Crippen LogP contribution in [0.3, 0.4) is 0 Å². The molecule has 0 spiro atoms. The quantitative estimate of drug-likeness (QED) is 0.354. The van der Waals surface area contributed by atoms with Crippen LogP contribution in [0.2, 0.25) is 0 Å². The van der Waals surface area contributed by atoms with E-state index < -0.39 is 0 Å². The van der Waals surface area contributed by atoms with Gasteiger partial charge in [0.25, 0.3) is 0 Å². The molecule has 3 nitrogen and oxygen atoms in total. The number of aromatic nitrogens is 3. The monoisotopic (exact) mass is 371 g/mol. The lowest BCUT2D eigenvalue weighted by atomic mass is 9.89. The van der Waals surface area contributed by atoms with Crippen LogP contribution in [0.25, 0.3) is 49.3 Å². The number of benzene rings is 3. The molecule has 3 aromatic heterocycles. The molecule has 0 amide bonds. The van der Waals surface area contributed by atoms with E-state index in [4.69, 9.17) is 0 Å². The standard InChI is InChI=1S/C26H17N3/c1-3-7-18(8-4-1)22-12-11-20-13-14-29-17-21-15-27-28-16-23(21)26(29)25(20)24(22)19-9-5-2-6-10-19/h1-17H. The number of fused-ring (bicyclic) bond motifs is 5. The van der Waals surface area contributed by atoms with E-state index >= 15 is 0 Å². The largest absolute Gasteiger partial charge is 0.322 e. The van der Waals surface area contributed by atoms with Gasteiger partial charge >= 0.3 is 0 Å². The van der Waals surface area contributed by atoms with E-state index in [1.165, 1.54) is 38.5 Å². The third-order valence-corrected chi connectivity index (χ3v) is 5.59. The Bertz CT molecular complexity index is 1480. The van der Waals surface area contributed by atoms with E-state index in [1.807, 2.05) is 12.4 Å². The molecule has 0 saturated heterocycles. The summed E-state index contributed by atoms with van der Waals surface area (Å²) in [6, 6.07) is 27.9. The van der Waals surface area contributed by atoms with Gasteiger partial charge in [0.05, 0.1) is 17.9 Å². The third kappa shape index (κ3) is 2.44. The van der Waals surface area contributed by atoms with Gasteiger partial charge in [-0.2, -0.15) is 10.2 Å². The second kappa shape index (κ2) is 6.28. The predicted molar refractivity (Wildman–Crippen MR) is 119 cm³/mol. The lowest BCUT2D eigenvalue weighted by molar-refractivity contribution is 1.05. The van der Waals surface area contributed by atoms with Crippen molar-refractivity contribution >= 4 is 27.1 Å². The molecule has 0 atom stereocenters. The maximum absolute atomic E-state index is 4.16. The van der Waals surface area contributed by atoms with Crippen LogP contribution in [0.1, 0.15) is 0 Å². The second-order valence-corrected chi connectivity index (χ2v) is 7.24. The minimum Gasteiger partial charge on any atom is -0.322 e. The van der Waals surface area contributed by atoms with E-state index in [0.29, 0.717) is 0 Å². The van der Waals surface area contributed by atoms with E-state index in [9.17, 15) is 0 Å².